The number of hydrogen-bond acceptors (Lipinski definition) is 8. The minimum absolute atomic E-state index is 0.178. The fourth-order valence-electron chi connectivity index (χ4n) is 1.52. The molecule has 0 bridgehead atoms. The van der Waals surface area contributed by atoms with Crippen molar-refractivity contribution >= 4 is 14.6 Å². The first-order valence-corrected chi connectivity index (χ1v) is 6.81. The van der Waals surface area contributed by atoms with E-state index in [0.29, 0.717) is 0 Å². The molecule has 6 atom stereocenters. The van der Waals surface area contributed by atoms with Gasteiger partial charge in [0, 0.05) is 11.1 Å². The third-order valence-electron chi connectivity index (χ3n) is 2.53. The molecular weight excluding hydrogens is 277 g/mol. The highest BCUT2D eigenvalue weighted by molar-refractivity contribution is 7.33. The van der Waals surface area contributed by atoms with Gasteiger partial charge in [-0.05, 0) is 6.92 Å². The summed E-state index contributed by atoms with van der Waals surface area (Å²) in [5, 5.41) is 19.0. The van der Waals surface area contributed by atoms with E-state index in [9.17, 15) is 9.67 Å². The lowest BCUT2D eigenvalue weighted by atomic mass is 10.1. The van der Waals surface area contributed by atoms with E-state index in [1.807, 2.05) is 0 Å². The van der Waals surface area contributed by atoms with Gasteiger partial charge in [0.15, 0.2) is 12.3 Å². The molecule has 0 aromatic carbocycles. The molecule has 6 N–H and O–H groups in total. The predicted molar refractivity (Wildman–Crippen MR) is 66.5 cm³/mol. The average Bonchev–Trinajstić information content (AvgIpc) is 2.67. The molecule has 1 aliphatic rings. The average molecular weight is 296 g/mol. The molecule has 0 amide bonds. The van der Waals surface area contributed by atoms with Crippen molar-refractivity contribution in [1.82, 2.24) is 0 Å². The molecule has 0 aromatic rings. The zero-order chi connectivity index (χ0) is 14.4. The summed E-state index contributed by atoms with van der Waals surface area (Å²) in [5.74, 6) is 0. The van der Waals surface area contributed by atoms with Crippen molar-refractivity contribution in [2.75, 3.05) is 13.2 Å². The van der Waals surface area contributed by atoms with E-state index in [4.69, 9.17) is 30.4 Å². The number of aliphatic imine (C=N–C) groups is 1. The van der Waals surface area contributed by atoms with Gasteiger partial charge in [-0.1, -0.05) is 0 Å². The maximum Gasteiger partial charge on any atom is 0.698 e. The van der Waals surface area contributed by atoms with E-state index in [0.717, 1.165) is 6.34 Å². The Morgan fingerprint density at radius 1 is 1.63 bits per heavy atom. The Hall–Kier alpha value is -0.670. The van der Waals surface area contributed by atoms with Crippen LogP contribution in [0.2, 0.25) is 0 Å². The molecule has 0 spiro atoms. The summed E-state index contributed by atoms with van der Waals surface area (Å²) in [5.41, 5.74) is 10.4. The first-order valence-electron chi connectivity index (χ1n) is 5.72. The van der Waals surface area contributed by atoms with Crippen LogP contribution in [0.15, 0.2) is 4.99 Å². The molecule has 1 aliphatic heterocycles. The Balaban J connectivity index is 2.61. The highest BCUT2D eigenvalue weighted by Gasteiger charge is 2.49. The van der Waals surface area contributed by atoms with Gasteiger partial charge in [0.25, 0.3) is 0 Å². The first-order chi connectivity index (χ1) is 9.03. The van der Waals surface area contributed by atoms with Gasteiger partial charge in [0.05, 0.1) is 12.9 Å². The molecule has 0 aromatic heterocycles. The highest BCUT2D eigenvalue weighted by atomic mass is 31.1. The maximum atomic E-state index is 11.6. The van der Waals surface area contributed by atoms with E-state index in [2.05, 4.69) is 4.99 Å². The van der Waals surface area contributed by atoms with E-state index in [-0.39, 0.29) is 6.54 Å². The van der Waals surface area contributed by atoms with Crippen LogP contribution >= 0.6 is 8.25 Å². The van der Waals surface area contributed by atoms with E-state index in [1.54, 1.807) is 6.92 Å². The number of aliphatic hydroxyl groups is 2. The molecule has 1 saturated heterocycles. The summed E-state index contributed by atoms with van der Waals surface area (Å²) in [6, 6.07) is 0. The standard InChI is InChI=1S/C9H19N3O6P/c1-5(2-10)17-19(15)18-8-6(3-13)16-9(7(8)14)12-4-11/h4-9,13-14H,2-3,10H2,1H3,(H2,11,12)/q+1/t5-,6-,7-,8-,9+/m1/s1. The van der Waals surface area contributed by atoms with Crippen LogP contribution in [-0.2, 0) is 18.3 Å². The second kappa shape index (κ2) is 7.81. The summed E-state index contributed by atoms with van der Waals surface area (Å²) in [6.45, 7) is 1.38. The van der Waals surface area contributed by atoms with Crippen LogP contribution in [0.3, 0.4) is 0 Å². The number of nitrogens with two attached hydrogens (primary N) is 2. The molecular formula is C9H19N3O6P+. The van der Waals surface area contributed by atoms with Crippen LogP contribution in [0.1, 0.15) is 6.92 Å². The Morgan fingerprint density at radius 2 is 2.32 bits per heavy atom. The number of rotatable bonds is 7. The third kappa shape index (κ3) is 4.43. The lowest BCUT2D eigenvalue weighted by molar-refractivity contribution is -0.0158. The van der Waals surface area contributed by atoms with Gasteiger partial charge in [-0.15, -0.1) is 9.05 Å². The minimum Gasteiger partial charge on any atom is -0.394 e. The summed E-state index contributed by atoms with van der Waals surface area (Å²) in [7, 11) is -2.49. The minimum atomic E-state index is -2.49. The SMILES string of the molecule is C[C@H](CN)O[P+](=O)O[C@H]1[C@@H](O)[C@@H](N=CN)O[C@@H]1CO. The number of nitrogens with zero attached hydrogens (tertiary/aromatic N) is 1. The predicted octanol–water partition coefficient (Wildman–Crippen LogP) is -1.54. The Morgan fingerprint density at radius 3 is 2.84 bits per heavy atom. The van der Waals surface area contributed by atoms with Crippen LogP contribution in [0.5, 0.6) is 0 Å². The van der Waals surface area contributed by atoms with Crippen LogP contribution < -0.4 is 11.5 Å². The molecule has 110 valence electrons. The molecule has 1 fully saturated rings. The number of aliphatic hydroxyl groups excluding tert-OH is 2. The Kier molecular flexibility index (Phi) is 6.73. The van der Waals surface area contributed by atoms with Crippen molar-refractivity contribution in [1.29, 1.82) is 0 Å². The Labute approximate surface area is 111 Å². The second-order valence-electron chi connectivity index (χ2n) is 3.98. The largest absolute Gasteiger partial charge is 0.698 e. The smallest absolute Gasteiger partial charge is 0.394 e. The molecule has 0 aliphatic carbocycles. The van der Waals surface area contributed by atoms with E-state index < -0.39 is 45.5 Å². The van der Waals surface area contributed by atoms with Gasteiger partial charge >= 0.3 is 8.25 Å². The molecule has 9 nitrogen and oxygen atoms in total. The lowest BCUT2D eigenvalue weighted by Crippen LogP contribution is -2.35. The quantitative estimate of drug-likeness (QED) is 0.251. The summed E-state index contributed by atoms with van der Waals surface area (Å²) >= 11 is 0. The molecule has 19 heavy (non-hydrogen) atoms. The summed E-state index contributed by atoms with van der Waals surface area (Å²) in [4.78, 5) is 3.67. The topological polar surface area (TPSA) is 150 Å². The van der Waals surface area contributed by atoms with Crippen LogP contribution in [0.25, 0.3) is 0 Å². The molecule has 1 unspecified atom stereocenters. The van der Waals surface area contributed by atoms with Crippen molar-refractivity contribution in [2.24, 2.45) is 16.5 Å². The van der Waals surface area contributed by atoms with Crippen molar-refractivity contribution < 1.29 is 28.6 Å². The van der Waals surface area contributed by atoms with E-state index >= 15 is 0 Å². The lowest BCUT2D eigenvalue weighted by Gasteiger charge is -2.11. The second-order valence-corrected chi connectivity index (χ2v) is 4.85. The van der Waals surface area contributed by atoms with Gasteiger partial charge < -0.3 is 26.4 Å². The molecule has 1 heterocycles. The zero-order valence-electron chi connectivity index (χ0n) is 10.5. The zero-order valence-corrected chi connectivity index (χ0v) is 11.3. The maximum absolute atomic E-state index is 11.6. The molecule has 1 rings (SSSR count). The van der Waals surface area contributed by atoms with Gasteiger partial charge in [-0.25, -0.2) is 4.99 Å². The number of ether oxygens (including phenoxy) is 1. The molecule has 10 heteroatoms. The fraction of sp³-hybridized carbons (Fsp3) is 0.889. The van der Waals surface area contributed by atoms with Gasteiger partial charge in [0.1, 0.15) is 18.3 Å². The van der Waals surface area contributed by atoms with Gasteiger partial charge in [0.2, 0.25) is 0 Å². The Bertz CT molecular complexity index is 331. The number of hydrogen-bond donors (Lipinski definition) is 4. The third-order valence-corrected chi connectivity index (χ3v) is 3.48. The summed E-state index contributed by atoms with van der Waals surface area (Å²) < 4.78 is 26.8. The highest BCUT2D eigenvalue weighted by Crippen LogP contribution is 2.35. The van der Waals surface area contributed by atoms with Gasteiger partial charge in [-0.2, -0.15) is 0 Å². The summed E-state index contributed by atoms with van der Waals surface area (Å²) in [6.07, 6.45) is -3.53. The van der Waals surface area contributed by atoms with E-state index in [1.165, 1.54) is 0 Å². The van der Waals surface area contributed by atoms with Crippen molar-refractivity contribution in [3.05, 3.63) is 0 Å². The van der Waals surface area contributed by atoms with Gasteiger partial charge in [-0.3, -0.25) is 0 Å². The van der Waals surface area contributed by atoms with Crippen molar-refractivity contribution in [3.8, 4) is 0 Å². The van der Waals surface area contributed by atoms with Crippen LogP contribution in [0, 0.1) is 0 Å². The van der Waals surface area contributed by atoms with Crippen LogP contribution in [0.4, 0.5) is 0 Å². The monoisotopic (exact) mass is 296 g/mol. The van der Waals surface area contributed by atoms with Crippen LogP contribution in [-0.4, -0.2) is 60.3 Å². The first kappa shape index (κ1) is 16.4. The fourth-order valence-corrected chi connectivity index (χ4v) is 2.41. The van der Waals surface area contributed by atoms with Crippen molar-refractivity contribution in [3.63, 3.8) is 0 Å². The molecule has 0 radical (unpaired) electrons. The molecule has 0 saturated carbocycles. The van der Waals surface area contributed by atoms with Crippen molar-refractivity contribution in [2.45, 2.75) is 37.6 Å². The normalized spacial score (nSPS) is 33.8.